The minimum atomic E-state index is -0.228. The molecule has 4 unspecified atom stereocenters. The van der Waals surface area contributed by atoms with E-state index in [0.29, 0.717) is 0 Å². The summed E-state index contributed by atoms with van der Waals surface area (Å²) in [7, 11) is 0. The molecule has 0 saturated heterocycles. The standard InChI is InChI=1S/C86H93BN4O/c1-79(2,3)55-34-40-67(62(47-55)54-27-18-17-19-28-54)88-72-51-59(90-68-41-35-56(80(4,5)6)48-63(68)83(13)43-22-24-45-85(83,90)15)37-39-66(72)87-65-38-33-58(82(10,11)12)50-71(65)89(70-30-26-32-76-77(70)61-29-20-21-31-75(61)92-76)74-53-60(52-73(88)78(74)87)91-69-42-36-57(81(7,8)9)49-64(69)84(14)44-23-25-46-86(84,91)16/h17-21,26-42,47-53H,22-25,43-46H2,1-16H3. The lowest BCUT2D eigenvalue weighted by Crippen LogP contribution is -2.62. The second-order valence-electron chi connectivity index (χ2n) is 33.6. The van der Waals surface area contributed by atoms with Gasteiger partial charge in [-0.05, 0) is 189 Å². The third-order valence-corrected chi connectivity index (χ3v) is 24.2. The molecule has 2 aliphatic carbocycles. The summed E-state index contributed by atoms with van der Waals surface area (Å²) < 4.78 is 6.88. The van der Waals surface area contributed by atoms with Crippen molar-refractivity contribution in [3.8, 4) is 11.1 Å². The van der Waals surface area contributed by atoms with Crippen LogP contribution in [-0.2, 0) is 32.5 Å². The summed E-state index contributed by atoms with van der Waals surface area (Å²) in [6, 6.07) is 69.8. The second-order valence-corrected chi connectivity index (χ2v) is 33.6. The minimum Gasteiger partial charge on any atom is -0.456 e. The van der Waals surface area contributed by atoms with Crippen LogP contribution in [0.5, 0.6) is 0 Å². The molecule has 0 bridgehead atoms. The fourth-order valence-corrected chi connectivity index (χ4v) is 18.4. The van der Waals surface area contributed by atoms with Crippen LogP contribution in [0.3, 0.4) is 0 Å². The zero-order valence-corrected chi connectivity index (χ0v) is 57.7. The number of furan rings is 1. The number of hydrogen-bond donors (Lipinski definition) is 0. The Hall–Kier alpha value is -7.96. The summed E-state index contributed by atoms with van der Waals surface area (Å²) in [6.07, 6.45) is 9.38. The van der Waals surface area contributed by atoms with Crippen LogP contribution < -0.4 is 36.0 Å². The molecule has 6 heteroatoms. The Bertz CT molecular complexity index is 4700. The topological polar surface area (TPSA) is 26.1 Å². The van der Waals surface area contributed by atoms with Gasteiger partial charge in [-0.3, -0.25) is 0 Å². The summed E-state index contributed by atoms with van der Waals surface area (Å²) in [5.41, 5.74) is 28.3. The highest BCUT2D eigenvalue weighted by Gasteiger charge is 2.60. The first kappa shape index (κ1) is 59.1. The second kappa shape index (κ2) is 19.8. The molecule has 1 aromatic heterocycles. The summed E-state index contributed by atoms with van der Waals surface area (Å²) in [4.78, 5) is 11.1. The van der Waals surface area contributed by atoms with Crippen molar-refractivity contribution in [3.05, 3.63) is 209 Å². The summed E-state index contributed by atoms with van der Waals surface area (Å²) >= 11 is 0. The highest BCUT2D eigenvalue weighted by molar-refractivity contribution is 7.00. The molecule has 0 N–H and O–H groups in total. The van der Waals surface area contributed by atoms with Crippen molar-refractivity contribution in [3.63, 3.8) is 0 Å². The van der Waals surface area contributed by atoms with E-state index in [1.54, 1.807) is 0 Å². The number of benzene rings is 9. The molecule has 2 fully saturated rings. The van der Waals surface area contributed by atoms with E-state index in [0.717, 1.165) is 46.9 Å². The van der Waals surface area contributed by atoms with Gasteiger partial charge in [-0.25, -0.2) is 0 Å². The van der Waals surface area contributed by atoms with Crippen molar-refractivity contribution in [2.45, 2.75) is 206 Å². The monoisotopic (exact) mass is 1210 g/mol. The molecule has 5 heterocycles. The fourth-order valence-electron chi connectivity index (χ4n) is 18.4. The van der Waals surface area contributed by atoms with Gasteiger partial charge < -0.3 is 24.0 Å². The third kappa shape index (κ3) is 8.35. The van der Waals surface area contributed by atoms with Gasteiger partial charge >= 0.3 is 0 Å². The van der Waals surface area contributed by atoms with Gasteiger partial charge in [0.15, 0.2) is 0 Å². The lowest BCUT2D eigenvalue weighted by molar-refractivity contribution is 0.195. The van der Waals surface area contributed by atoms with Crippen molar-refractivity contribution < 1.29 is 4.42 Å². The van der Waals surface area contributed by atoms with Crippen LogP contribution in [0.4, 0.5) is 56.9 Å². The van der Waals surface area contributed by atoms with Crippen LogP contribution in [0.15, 0.2) is 180 Å². The summed E-state index contributed by atoms with van der Waals surface area (Å²) in [5, 5.41) is 2.26. The Morgan fingerprint density at radius 2 is 0.826 bits per heavy atom. The number of anilines is 10. The maximum Gasteiger partial charge on any atom is 0.252 e. The van der Waals surface area contributed by atoms with Gasteiger partial charge in [0.1, 0.15) is 11.2 Å². The number of para-hydroxylation sites is 1. The quantitative estimate of drug-likeness (QED) is 0.160. The SMILES string of the molecule is CC(C)(C)c1ccc(N2c3cc(N4c5ccc(C(C)(C)C)cc5C5(C)CCCCC45C)ccc3B3c4ccc(C(C)(C)C)cc4N(c4cccc5oc6ccccc6c45)c4cc(N5c6ccc(C(C)(C)C)cc6C6(C)CCCCC56C)cc2c43)c(-c2ccccc2)c1. The molecule has 92 heavy (non-hydrogen) atoms. The zero-order valence-electron chi connectivity index (χ0n) is 57.7. The van der Waals surface area contributed by atoms with Gasteiger partial charge in [-0.1, -0.05) is 226 Å². The van der Waals surface area contributed by atoms with Crippen LogP contribution in [0.1, 0.15) is 196 Å². The van der Waals surface area contributed by atoms with Crippen molar-refractivity contribution >= 4 is 102 Å². The number of fused-ring (bicyclic) bond motifs is 13. The molecule has 0 amide bonds. The molecular weight excluding hydrogens is 1120 g/mol. The van der Waals surface area contributed by atoms with Gasteiger partial charge in [-0.2, -0.15) is 0 Å². The van der Waals surface area contributed by atoms with Gasteiger partial charge in [0, 0.05) is 67.3 Å². The first-order chi connectivity index (χ1) is 43.6. The summed E-state index contributed by atoms with van der Waals surface area (Å²) in [5.74, 6) is 0. The van der Waals surface area contributed by atoms with Crippen LogP contribution in [0, 0.1) is 0 Å². The third-order valence-electron chi connectivity index (χ3n) is 24.2. The smallest absolute Gasteiger partial charge is 0.252 e. The minimum absolute atomic E-state index is 0.00174. The molecule has 10 aromatic rings. The highest BCUT2D eigenvalue weighted by atomic mass is 16.3. The van der Waals surface area contributed by atoms with E-state index in [4.69, 9.17) is 4.42 Å². The number of nitrogens with zero attached hydrogens (tertiary/aromatic N) is 4. The Morgan fingerprint density at radius 1 is 0.370 bits per heavy atom. The van der Waals surface area contributed by atoms with Gasteiger partial charge in [0.2, 0.25) is 0 Å². The Labute approximate surface area is 548 Å². The lowest BCUT2D eigenvalue weighted by atomic mass is 9.33. The van der Waals surface area contributed by atoms with Crippen LogP contribution in [0.2, 0.25) is 0 Å². The normalized spacial score (nSPS) is 22.5. The van der Waals surface area contributed by atoms with E-state index in [2.05, 4.69) is 306 Å². The molecule has 4 atom stereocenters. The molecule has 5 nitrogen and oxygen atoms in total. The van der Waals surface area contributed by atoms with E-state index in [1.165, 1.54) is 144 Å². The molecule has 16 rings (SSSR count). The molecule has 466 valence electrons. The van der Waals surface area contributed by atoms with Gasteiger partial charge in [0.25, 0.3) is 6.71 Å². The van der Waals surface area contributed by atoms with E-state index >= 15 is 0 Å². The largest absolute Gasteiger partial charge is 0.456 e. The zero-order chi connectivity index (χ0) is 64.2. The van der Waals surface area contributed by atoms with Crippen molar-refractivity contribution in [2.75, 3.05) is 19.6 Å². The number of rotatable bonds is 5. The first-order valence-corrected chi connectivity index (χ1v) is 34.7. The van der Waals surface area contributed by atoms with Crippen LogP contribution in [-0.4, -0.2) is 17.8 Å². The Balaban J connectivity index is 1.06. The fraction of sp³-hybridized carbons (Fsp3) is 0.372. The first-order valence-electron chi connectivity index (χ1n) is 34.7. The predicted octanol–water partition coefficient (Wildman–Crippen LogP) is 22.0. The average molecular weight is 1210 g/mol. The van der Waals surface area contributed by atoms with E-state index < -0.39 is 0 Å². The highest BCUT2D eigenvalue weighted by Crippen LogP contribution is 2.65. The predicted molar refractivity (Wildman–Crippen MR) is 394 cm³/mol. The molecule has 2 saturated carbocycles. The van der Waals surface area contributed by atoms with Crippen LogP contribution in [0.25, 0.3) is 33.1 Å². The Kier molecular flexibility index (Phi) is 12.7. The summed E-state index contributed by atoms with van der Waals surface area (Å²) in [6.45, 7) is 38.8. The van der Waals surface area contributed by atoms with E-state index in [9.17, 15) is 0 Å². The molecule has 0 spiro atoms. The van der Waals surface area contributed by atoms with Gasteiger partial charge in [0.05, 0.1) is 27.8 Å². The molecule has 9 aromatic carbocycles. The van der Waals surface area contributed by atoms with E-state index in [-0.39, 0.29) is 50.3 Å². The number of hydrogen-bond acceptors (Lipinski definition) is 5. The molecule has 4 aliphatic heterocycles. The van der Waals surface area contributed by atoms with Gasteiger partial charge in [-0.15, -0.1) is 0 Å². The van der Waals surface area contributed by atoms with Crippen molar-refractivity contribution in [2.24, 2.45) is 0 Å². The lowest BCUT2D eigenvalue weighted by Gasteiger charge is -2.51. The van der Waals surface area contributed by atoms with Crippen LogP contribution >= 0.6 is 0 Å². The van der Waals surface area contributed by atoms with Crippen molar-refractivity contribution in [1.82, 2.24) is 0 Å². The maximum atomic E-state index is 6.88. The maximum absolute atomic E-state index is 6.88. The molecule has 0 radical (unpaired) electrons. The van der Waals surface area contributed by atoms with Crippen molar-refractivity contribution in [1.29, 1.82) is 0 Å². The molecule has 6 aliphatic rings. The van der Waals surface area contributed by atoms with E-state index in [1.807, 2.05) is 0 Å². The molecular formula is C86H93BN4O. The Morgan fingerprint density at radius 3 is 1.41 bits per heavy atom. The average Bonchev–Trinajstić information content (AvgIpc) is 1.13.